The number of nitrogens with zero attached hydrogens (tertiary/aromatic N) is 1. The Balaban J connectivity index is 2.23. The van der Waals surface area contributed by atoms with Crippen LogP contribution in [0, 0.1) is 12.3 Å². The Morgan fingerprint density at radius 2 is 2.60 bits per heavy atom. The van der Waals surface area contributed by atoms with E-state index in [1.807, 2.05) is 6.20 Å². The third kappa shape index (κ3) is 1.94. The van der Waals surface area contributed by atoms with E-state index in [4.69, 9.17) is 6.42 Å². The van der Waals surface area contributed by atoms with Crippen LogP contribution in [-0.2, 0) is 6.42 Å². The molecule has 0 aromatic carbocycles. The minimum atomic E-state index is 0.834. The van der Waals surface area contributed by atoms with Crippen molar-refractivity contribution in [3.05, 3.63) is 18.2 Å². The second-order valence-electron chi connectivity index (χ2n) is 2.09. The van der Waals surface area contributed by atoms with Crippen LogP contribution in [0.3, 0.4) is 0 Å². The minimum absolute atomic E-state index is 0.834. The van der Waals surface area contributed by atoms with Gasteiger partial charge < -0.3 is 4.98 Å². The number of rotatable bonds is 3. The summed E-state index contributed by atoms with van der Waals surface area (Å²) in [6, 6.07) is 0. The van der Waals surface area contributed by atoms with Crippen molar-refractivity contribution in [2.75, 3.05) is 0 Å². The van der Waals surface area contributed by atoms with Crippen LogP contribution in [0.5, 0.6) is 0 Å². The molecule has 0 unspecified atom stereocenters. The van der Waals surface area contributed by atoms with Gasteiger partial charge in [0.25, 0.3) is 0 Å². The molecule has 0 aliphatic rings. The lowest BCUT2D eigenvalue weighted by Gasteiger charge is -1.90. The van der Waals surface area contributed by atoms with Crippen LogP contribution in [0.25, 0.3) is 0 Å². The molecule has 0 radical (unpaired) electrons. The fourth-order valence-corrected chi connectivity index (χ4v) is 0.793. The van der Waals surface area contributed by atoms with Gasteiger partial charge >= 0.3 is 0 Å². The lowest BCUT2D eigenvalue weighted by Crippen LogP contribution is -1.86. The molecule has 2 nitrogen and oxygen atoms in total. The first-order valence-electron chi connectivity index (χ1n) is 3.35. The van der Waals surface area contributed by atoms with E-state index in [1.54, 1.807) is 6.20 Å². The zero-order chi connectivity index (χ0) is 7.23. The number of terminal acetylenes is 1. The SMILES string of the molecule is C#CCCCc1ncc[nH]1. The number of H-pyrrole nitrogens is 1. The van der Waals surface area contributed by atoms with E-state index in [-0.39, 0.29) is 0 Å². The number of aromatic nitrogens is 2. The molecule has 0 spiro atoms. The lowest BCUT2D eigenvalue weighted by molar-refractivity contribution is 0.811. The van der Waals surface area contributed by atoms with E-state index in [9.17, 15) is 0 Å². The van der Waals surface area contributed by atoms with Crippen LogP contribution in [0.2, 0.25) is 0 Å². The molecule has 1 aromatic rings. The summed E-state index contributed by atoms with van der Waals surface area (Å²) in [5.41, 5.74) is 0. The number of nitrogens with one attached hydrogen (secondary N) is 1. The predicted octanol–water partition coefficient (Wildman–Crippen LogP) is 1.37. The summed E-state index contributed by atoms with van der Waals surface area (Å²) in [5.74, 6) is 3.61. The molecule has 52 valence electrons. The summed E-state index contributed by atoms with van der Waals surface area (Å²) in [6.45, 7) is 0. The smallest absolute Gasteiger partial charge is 0.106 e. The van der Waals surface area contributed by atoms with Crippen molar-refractivity contribution in [2.45, 2.75) is 19.3 Å². The first-order chi connectivity index (χ1) is 4.93. The number of aryl methyl sites for hydroxylation is 1. The van der Waals surface area contributed by atoms with E-state index >= 15 is 0 Å². The number of unbranched alkanes of at least 4 members (excludes halogenated alkanes) is 1. The maximum absolute atomic E-state index is 5.09. The van der Waals surface area contributed by atoms with Gasteiger partial charge in [-0.1, -0.05) is 0 Å². The Bertz CT molecular complexity index is 206. The van der Waals surface area contributed by atoms with Crippen LogP contribution in [0.15, 0.2) is 12.4 Å². The van der Waals surface area contributed by atoms with Gasteiger partial charge in [-0.3, -0.25) is 0 Å². The summed E-state index contributed by atoms with van der Waals surface area (Å²) in [6.07, 6.45) is 11.5. The largest absolute Gasteiger partial charge is 0.349 e. The Kier molecular flexibility index (Phi) is 2.57. The highest BCUT2D eigenvalue weighted by atomic mass is 14.9. The van der Waals surface area contributed by atoms with Crippen molar-refractivity contribution >= 4 is 0 Å². The average molecular weight is 134 g/mol. The van der Waals surface area contributed by atoms with Gasteiger partial charge in [0.2, 0.25) is 0 Å². The Hall–Kier alpha value is -1.23. The first-order valence-corrected chi connectivity index (χ1v) is 3.35. The minimum Gasteiger partial charge on any atom is -0.349 e. The predicted molar refractivity (Wildman–Crippen MR) is 40.4 cm³/mol. The first kappa shape index (κ1) is 6.88. The molecule has 0 bridgehead atoms. The highest BCUT2D eigenvalue weighted by Crippen LogP contribution is 1.96. The van der Waals surface area contributed by atoms with Gasteiger partial charge in [-0.25, -0.2) is 4.98 Å². The number of imidazole rings is 1. The normalized spacial score (nSPS) is 9.10. The second-order valence-corrected chi connectivity index (χ2v) is 2.09. The molecule has 0 aliphatic heterocycles. The van der Waals surface area contributed by atoms with Crippen molar-refractivity contribution < 1.29 is 0 Å². The van der Waals surface area contributed by atoms with E-state index < -0.39 is 0 Å². The van der Waals surface area contributed by atoms with E-state index in [0.29, 0.717) is 0 Å². The zero-order valence-corrected chi connectivity index (χ0v) is 5.80. The summed E-state index contributed by atoms with van der Waals surface area (Å²) >= 11 is 0. The van der Waals surface area contributed by atoms with Crippen LogP contribution in [0.1, 0.15) is 18.7 Å². The van der Waals surface area contributed by atoms with E-state index in [0.717, 1.165) is 25.1 Å². The molecule has 1 aromatic heterocycles. The van der Waals surface area contributed by atoms with Crippen molar-refractivity contribution in [2.24, 2.45) is 0 Å². The van der Waals surface area contributed by atoms with Crippen LogP contribution >= 0.6 is 0 Å². The summed E-state index contributed by atoms with van der Waals surface area (Å²) in [5, 5.41) is 0. The van der Waals surface area contributed by atoms with Crippen molar-refractivity contribution in [1.82, 2.24) is 9.97 Å². The average Bonchev–Trinajstić information content (AvgIpc) is 2.41. The van der Waals surface area contributed by atoms with Crippen LogP contribution in [0.4, 0.5) is 0 Å². The Labute approximate surface area is 60.7 Å². The second kappa shape index (κ2) is 3.73. The van der Waals surface area contributed by atoms with E-state index in [1.165, 1.54) is 0 Å². The van der Waals surface area contributed by atoms with Gasteiger partial charge in [0.15, 0.2) is 0 Å². The topological polar surface area (TPSA) is 28.7 Å². The third-order valence-corrected chi connectivity index (χ3v) is 1.29. The fourth-order valence-electron chi connectivity index (χ4n) is 0.793. The molecule has 2 heteroatoms. The Morgan fingerprint density at radius 3 is 3.20 bits per heavy atom. The molecule has 0 aliphatic carbocycles. The molecular formula is C8H10N2. The summed E-state index contributed by atoms with van der Waals surface area (Å²) in [7, 11) is 0. The standard InChI is InChI=1S/C8H10N2/c1-2-3-4-5-8-9-6-7-10-8/h1,6-7H,3-5H2,(H,9,10). The molecule has 1 heterocycles. The molecule has 1 N–H and O–H groups in total. The molecule has 0 fully saturated rings. The monoisotopic (exact) mass is 134 g/mol. The van der Waals surface area contributed by atoms with Gasteiger partial charge in [0, 0.05) is 25.2 Å². The number of aromatic amines is 1. The van der Waals surface area contributed by atoms with E-state index in [2.05, 4.69) is 15.9 Å². The molecular weight excluding hydrogens is 124 g/mol. The number of hydrogen-bond acceptors (Lipinski definition) is 1. The molecule has 0 atom stereocenters. The van der Waals surface area contributed by atoms with Gasteiger partial charge in [-0.15, -0.1) is 12.3 Å². The van der Waals surface area contributed by atoms with Gasteiger partial charge in [0.1, 0.15) is 5.82 Å². The van der Waals surface area contributed by atoms with Crippen LogP contribution in [-0.4, -0.2) is 9.97 Å². The van der Waals surface area contributed by atoms with Crippen LogP contribution < -0.4 is 0 Å². The van der Waals surface area contributed by atoms with Crippen molar-refractivity contribution in [3.8, 4) is 12.3 Å². The summed E-state index contributed by atoms with van der Waals surface area (Å²) in [4.78, 5) is 7.08. The molecule has 0 amide bonds. The molecule has 0 saturated heterocycles. The van der Waals surface area contributed by atoms with Crippen molar-refractivity contribution in [1.29, 1.82) is 0 Å². The highest BCUT2D eigenvalue weighted by Gasteiger charge is 1.91. The lowest BCUT2D eigenvalue weighted by atomic mass is 10.2. The zero-order valence-electron chi connectivity index (χ0n) is 5.80. The number of hydrogen-bond donors (Lipinski definition) is 1. The molecule has 0 saturated carbocycles. The van der Waals surface area contributed by atoms with Gasteiger partial charge in [-0.2, -0.15) is 0 Å². The quantitative estimate of drug-likeness (QED) is 0.491. The maximum Gasteiger partial charge on any atom is 0.106 e. The maximum atomic E-state index is 5.09. The van der Waals surface area contributed by atoms with Crippen molar-refractivity contribution in [3.63, 3.8) is 0 Å². The summed E-state index contributed by atoms with van der Waals surface area (Å²) < 4.78 is 0. The molecule has 10 heavy (non-hydrogen) atoms. The fraction of sp³-hybridized carbons (Fsp3) is 0.375. The van der Waals surface area contributed by atoms with Gasteiger partial charge in [0.05, 0.1) is 0 Å². The van der Waals surface area contributed by atoms with Gasteiger partial charge in [-0.05, 0) is 6.42 Å². The Morgan fingerprint density at radius 1 is 1.70 bits per heavy atom. The highest BCUT2D eigenvalue weighted by molar-refractivity contribution is 4.89. The molecule has 1 rings (SSSR count). The third-order valence-electron chi connectivity index (χ3n) is 1.29.